The number of pyridine rings is 1. The van der Waals surface area contributed by atoms with Gasteiger partial charge in [-0.25, -0.2) is 0 Å². The molecule has 2 fully saturated rings. The highest BCUT2D eigenvalue weighted by molar-refractivity contribution is 6.04. The Hall–Kier alpha value is -3.27. The summed E-state index contributed by atoms with van der Waals surface area (Å²) in [5.41, 5.74) is 5.79. The van der Waals surface area contributed by atoms with Crippen molar-refractivity contribution >= 4 is 23.5 Å². The van der Waals surface area contributed by atoms with Crippen molar-refractivity contribution in [3.05, 3.63) is 47.3 Å². The van der Waals surface area contributed by atoms with Crippen LogP contribution in [0.5, 0.6) is 5.75 Å². The molecule has 194 valence electrons. The first-order chi connectivity index (χ1) is 16.9. The maximum absolute atomic E-state index is 13.8. The second-order valence-electron chi connectivity index (χ2n) is 10.2. The van der Waals surface area contributed by atoms with E-state index in [0.717, 1.165) is 31.7 Å². The zero-order chi connectivity index (χ0) is 26.1. The molecule has 10 heteroatoms. The van der Waals surface area contributed by atoms with Crippen LogP contribution in [0, 0.1) is 5.92 Å². The van der Waals surface area contributed by atoms with E-state index < -0.39 is 23.1 Å². The molecule has 1 amide bonds. The molecule has 1 aromatic heterocycles. The van der Waals surface area contributed by atoms with Crippen molar-refractivity contribution in [1.29, 1.82) is 0 Å². The lowest BCUT2D eigenvalue weighted by atomic mass is 9.84. The molecule has 0 aliphatic heterocycles. The van der Waals surface area contributed by atoms with Crippen LogP contribution >= 0.6 is 0 Å². The summed E-state index contributed by atoms with van der Waals surface area (Å²) in [5, 5.41) is 23.1. The molecule has 0 radical (unpaired) electrons. The van der Waals surface area contributed by atoms with E-state index in [-0.39, 0.29) is 22.2 Å². The Balaban J connectivity index is 1.59. The summed E-state index contributed by atoms with van der Waals surface area (Å²) >= 11 is 0. The number of nitrogens with one attached hydrogen (secondary N) is 1. The second-order valence-corrected chi connectivity index (χ2v) is 10.2. The number of rotatable bonds is 8. The predicted octanol–water partition coefficient (Wildman–Crippen LogP) is 4.06. The summed E-state index contributed by atoms with van der Waals surface area (Å²) in [6.07, 6.45) is 6.62. The third-order valence-electron chi connectivity index (χ3n) is 6.71. The van der Waals surface area contributed by atoms with Crippen LogP contribution < -0.4 is 20.5 Å². The normalized spacial score (nSPS) is 22.5. The summed E-state index contributed by atoms with van der Waals surface area (Å²) in [6, 6.07) is 6.85. The highest BCUT2D eigenvalue weighted by Gasteiger charge is 2.39. The number of nitrogens with two attached hydrogens (primary N) is 1. The van der Waals surface area contributed by atoms with E-state index >= 15 is 0 Å². The van der Waals surface area contributed by atoms with Crippen molar-refractivity contribution in [1.82, 2.24) is 0 Å². The minimum absolute atomic E-state index is 0.0558. The molecule has 2 aliphatic carbocycles. The van der Waals surface area contributed by atoms with Gasteiger partial charge < -0.3 is 20.9 Å². The third kappa shape index (κ3) is 6.29. The number of hydrogen-bond acceptors (Lipinski definition) is 6. The number of aliphatic hydroxyl groups is 1. The van der Waals surface area contributed by atoms with Crippen molar-refractivity contribution in [2.75, 3.05) is 17.7 Å². The molecule has 2 aliphatic rings. The molecule has 0 bridgehead atoms. The van der Waals surface area contributed by atoms with Crippen molar-refractivity contribution in [3.63, 3.8) is 0 Å². The van der Waals surface area contributed by atoms with E-state index in [1.165, 1.54) is 12.1 Å². The second kappa shape index (κ2) is 10.0. The highest BCUT2D eigenvalue weighted by Crippen LogP contribution is 2.35. The van der Waals surface area contributed by atoms with Crippen LogP contribution in [-0.4, -0.2) is 40.7 Å². The van der Waals surface area contributed by atoms with Gasteiger partial charge in [-0.1, -0.05) is 0 Å². The first-order valence-corrected chi connectivity index (χ1v) is 12.2. The van der Waals surface area contributed by atoms with E-state index in [1.807, 2.05) is 6.92 Å². The van der Waals surface area contributed by atoms with Crippen LogP contribution in [0.4, 0.5) is 20.2 Å². The number of alkyl halides is 2. The van der Waals surface area contributed by atoms with Crippen molar-refractivity contribution in [2.24, 2.45) is 10.9 Å². The number of aromatic nitrogens is 1. The molecular formula is C26H33F2N4O4+. The average molecular weight is 504 g/mol. The number of anilines is 2. The number of amides is 1. The number of carbonyl (C=O) groups excluding carboxylic acids is 1. The van der Waals surface area contributed by atoms with E-state index in [9.17, 15) is 23.9 Å². The van der Waals surface area contributed by atoms with Crippen molar-refractivity contribution in [3.8, 4) is 5.75 Å². The topological polar surface area (TPSA) is 121 Å². The Bertz CT molecular complexity index is 1150. The molecule has 0 unspecified atom stereocenters. The minimum atomic E-state index is -3.35. The Morgan fingerprint density at radius 3 is 2.64 bits per heavy atom. The average Bonchev–Trinajstić information content (AvgIpc) is 3.62. The smallest absolute Gasteiger partial charge is 0.332 e. The monoisotopic (exact) mass is 503 g/mol. The van der Waals surface area contributed by atoms with Crippen LogP contribution in [0.2, 0.25) is 0 Å². The highest BCUT2D eigenvalue weighted by atomic mass is 19.3. The summed E-state index contributed by atoms with van der Waals surface area (Å²) < 4.78 is 33.8. The molecule has 4 rings (SSSR count). The van der Waals surface area contributed by atoms with Gasteiger partial charge in [0.2, 0.25) is 0 Å². The number of ether oxygens (including phenoxy) is 1. The number of benzene rings is 1. The number of nitrogens with zero attached hydrogens (tertiary/aromatic N) is 2. The largest absolute Gasteiger partial charge is 0.491 e. The van der Waals surface area contributed by atoms with Crippen LogP contribution in [0.1, 0.15) is 74.1 Å². The van der Waals surface area contributed by atoms with Gasteiger partial charge in [0.1, 0.15) is 5.75 Å². The quantitative estimate of drug-likeness (QED) is 0.187. The zero-order valence-corrected chi connectivity index (χ0v) is 20.5. The number of halogens is 2. The van der Waals surface area contributed by atoms with Crippen LogP contribution in [0.15, 0.2) is 35.3 Å². The van der Waals surface area contributed by atoms with Gasteiger partial charge in [-0.3, -0.25) is 15.0 Å². The van der Waals surface area contributed by atoms with Gasteiger partial charge in [-0.15, -0.1) is 0 Å². The van der Waals surface area contributed by atoms with Gasteiger partial charge in [0.15, 0.2) is 0 Å². The summed E-state index contributed by atoms with van der Waals surface area (Å²) in [5.74, 6) is -3.34. The number of hydrogen-bond donors (Lipinski definition) is 4. The van der Waals surface area contributed by atoms with Crippen molar-refractivity contribution in [2.45, 2.75) is 69.9 Å². The maximum atomic E-state index is 13.8. The molecule has 5 N–H and O–H groups in total. The molecule has 1 heterocycles. The lowest BCUT2D eigenvalue weighted by molar-refractivity contribution is -0.914. The van der Waals surface area contributed by atoms with Gasteiger partial charge in [-0.2, -0.15) is 8.78 Å². The van der Waals surface area contributed by atoms with Gasteiger partial charge >= 0.3 is 23.2 Å². The SMILES string of the molecule is CC1(O)CCC(N=Cc2cc(NC(=O)c3cccc(C(C)(F)F)[n+]3O)c(OCC3CC3)cc2N)CC1. The van der Waals surface area contributed by atoms with Crippen LogP contribution in [-0.2, 0) is 5.92 Å². The fourth-order valence-corrected chi connectivity index (χ4v) is 4.18. The summed E-state index contributed by atoms with van der Waals surface area (Å²) in [7, 11) is 0. The number of carbonyl (C=O) groups is 1. The van der Waals surface area contributed by atoms with E-state index in [1.54, 1.807) is 18.3 Å². The molecule has 0 saturated heterocycles. The van der Waals surface area contributed by atoms with E-state index in [0.29, 0.717) is 49.3 Å². The van der Waals surface area contributed by atoms with Gasteiger partial charge in [0.05, 0.1) is 23.9 Å². The molecular weight excluding hydrogens is 470 g/mol. The lowest BCUT2D eigenvalue weighted by Gasteiger charge is -2.31. The molecule has 2 saturated carbocycles. The Labute approximate surface area is 208 Å². The molecule has 0 spiro atoms. The Morgan fingerprint density at radius 1 is 1.31 bits per heavy atom. The lowest BCUT2D eigenvalue weighted by Crippen LogP contribution is -2.46. The number of nitrogen functional groups attached to an aromatic ring is 1. The van der Waals surface area contributed by atoms with Gasteiger partial charge in [0, 0.05) is 47.3 Å². The minimum Gasteiger partial charge on any atom is -0.491 e. The first-order valence-electron chi connectivity index (χ1n) is 12.2. The summed E-state index contributed by atoms with van der Waals surface area (Å²) in [4.78, 5) is 17.6. The van der Waals surface area contributed by atoms with Gasteiger partial charge in [0.25, 0.3) is 0 Å². The molecule has 1 aromatic carbocycles. The van der Waals surface area contributed by atoms with E-state index in [4.69, 9.17) is 10.5 Å². The third-order valence-corrected chi connectivity index (χ3v) is 6.71. The fourth-order valence-electron chi connectivity index (χ4n) is 4.18. The molecule has 2 aromatic rings. The Morgan fingerprint density at radius 2 is 2.00 bits per heavy atom. The first kappa shape index (κ1) is 25.8. The maximum Gasteiger partial charge on any atom is 0.332 e. The predicted molar refractivity (Wildman–Crippen MR) is 131 cm³/mol. The van der Waals surface area contributed by atoms with Crippen molar-refractivity contribution < 1.29 is 33.4 Å². The van der Waals surface area contributed by atoms with Crippen LogP contribution in [0.25, 0.3) is 0 Å². The van der Waals surface area contributed by atoms with Gasteiger partial charge in [-0.05, 0) is 63.5 Å². The molecule has 36 heavy (non-hydrogen) atoms. The van der Waals surface area contributed by atoms with E-state index in [2.05, 4.69) is 10.3 Å². The summed E-state index contributed by atoms with van der Waals surface area (Å²) in [6.45, 7) is 2.93. The molecule has 0 atom stereocenters. The number of aliphatic imine (C=N–C) groups is 1. The Kier molecular flexibility index (Phi) is 7.17. The molecule has 8 nitrogen and oxygen atoms in total. The van der Waals surface area contributed by atoms with Crippen LogP contribution in [0.3, 0.4) is 0 Å². The fraction of sp³-hybridized carbons (Fsp3) is 0.500. The zero-order valence-electron chi connectivity index (χ0n) is 20.5. The standard InChI is InChI=1S/C26H32F2N4O4/c1-25(34)10-8-18(9-11-25)30-14-17-12-20(22(13-19(17)29)36-15-16-6-7-16)31-24(33)21-4-3-5-23(32(21)35)26(2,27)28/h3-5,12-14,16,18,29,33-35H,6-11,15H2,1-2H3/p+1.